The average Bonchev–Trinajstić information content (AvgIpc) is 3.09. The van der Waals surface area contributed by atoms with E-state index >= 15 is 0 Å². The highest BCUT2D eigenvalue weighted by molar-refractivity contribution is 6.30. The molecule has 0 fully saturated rings. The number of benzene rings is 1. The van der Waals surface area contributed by atoms with Crippen molar-refractivity contribution in [3.63, 3.8) is 0 Å². The van der Waals surface area contributed by atoms with Crippen molar-refractivity contribution in [2.45, 2.75) is 26.2 Å². The number of aromatic nitrogens is 3. The lowest BCUT2D eigenvalue weighted by atomic mass is 9.86. The van der Waals surface area contributed by atoms with Crippen molar-refractivity contribution in [2.24, 2.45) is 7.05 Å². The van der Waals surface area contributed by atoms with Crippen molar-refractivity contribution in [1.82, 2.24) is 14.9 Å². The van der Waals surface area contributed by atoms with Crippen LogP contribution in [0.15, 0.2) is 28.8 Å². The third-order valence-corrected chi connectivity index (χ3v) is 4.74. The maximum atomic E-state index is 12.2. The molecule has 4 rings (SSSR count). The van der Waals surface area contributed by atoms with Gasteiger partial charge in [-0.3, -0.25) is 10.1 Å². The number of hydrogen-bond acceptors (Lipinski definition) is 5. The summed E-state index contributed by atoms with van der Waals surface area (Å²) in [6.45, 7) is 3.76. The van der Waals surface area contributed by atoms with E-state index in [0.717, 1.165) is 22.5 Å². The molecule has 1 aromatic carbocycles. The molecule has 0 aliphatic carbocycles. The summed E-state index contributed by atoms with van der Waals surface area (Å²) in [4.78, 5) is 12.2. The van der Waals surface area contributed by atoms with Gasteiger partial charge in [0.25, 0.3) is 0 Å². The van der Waals surface area contributed by atoms with Gasteiger partial charge in [-0.1, -0.05) is 16.8 Å². The van der Waals surface area contributed by atoms with Crippen LogP contribution in [0, 0.1) is 13.8 Å². The number of carbonyl (C=O) groups is 1. The minimum absolute atomic E-state index is 0.126. The Bertz CT molecular complexity index is 991. The van der Waals surface area contributed by atoms with E-state index in [2.05, 4.69) is 15.6 Å². The first-order valence-corrected chi connectivity index (χ1v) is 8.54. The Morgan fingerprint density at radius 3 is 2.69 bits per heavy atom. The molecule has 1 unspecified atom stereocenters. The summed E-state index contributed by atoms with van der Waals surface area (Å²) < 4.78 is 13.0. The van der Waals surface area contributed by atoms with Gasteiger partial charge in [-0.2, -0.15) is 5.10 Å². The first kappa shape index (κ1) is 16.7. The van der Waals surface area contributed by atoms with Gasteiger partial charge in [0, 0.05) is 35.5 Å². The lowest BCUT2D eigenvalue weighted by Gasteiger charge is -2.22. The Hall–Kier alpha value is -2.80. The molecule has 26 heavy (non-hydrogen) atoms. The summed E-state index contributed by atoms with van der Waals surface area (Å²) >= 11 is 5.95. The lowest BCUT2D eigenvalue weighted by molar-refractivity contribution is -0.116. The fourth-order valence-corrected chi connectivity index (χ4v) is 3.50. The van der Waals surface area contributed by atoms with E-state index in [1.54, 1.807) is 28.9 Å². The van der Waals surface area contributed by atoms with E-state index in [9.17, 15) is 4.79 Å². The molecule has 0 bridgehead atoms. The van der Waals surface area contributed by atoms with Crippen LogP contribution in [0.3, 0.4) is 0 Å². The predicted molar refractivity (Wildman–Crippen MR) is 95.8 cm³/mol. The van der Waals surface area contributed by atoms with E-state index in [0.29, 0.717) is 22.5 Å². The maximum absolute atomic E-state index is 12.2. The Morgan fingerprint density at radius 2 is 1.96 bits per heavy atom. The quantitative estimate of drug-likeness (QED) is 0.752. The molecule has 0 saturated heterocycles. The van der Waals surface area contributed by atoms with Crippen LogP contribution in [-0.4, -0.2) is 20.8 Å². The highest BCUT2D eigenvalue weighted by atomic mass is 35.5. The highest BCUT2D eigenvalue weighted by Crippen LogP contribution is 2.44. The number of amides is 1. The lowest BCUT2D eigenvalue weighted by Crippen LogP contribution is -2.23. The molecule has 3 heterocycles. The largest absolute Gasteiger partial charge is 0.439 e. The molecule has 7 nitrogen and oxygen atoms in total. The van der Waals surface area contributed by atoms with Gasteiger partial charge in [-0.05, 0) is 38.1 Å². The third kappa shape index (κ3) is 2.74. The van der Waals surface area contributed by atoms with Gasteiger partial charge in [0.1, 0.15) is 5.75 Å². The molecule has 1 N–H and O–H groups in total. The smallest absolute Gasteiger partial charge is 0.235 e. The van der Waals surface area contributed by atoms with Crippen LogP contribution in [0.1, 0.15) is 34.9 Å². The van der Waals surface area contributed by atoms with E-state index in [-0.39, 0.29) is 18.2 Å². The second-order valence-electron chi connectivity index (χ2n) is 6.30. The number of hydrogen-bond donors (Lipinski definition) is 1. The molecular formula is C18H17ClN4O3. The molecule has 2 aromatic heterocycles. The number of nitrogens with zero attached hydrogens (tertiary/aromatic N) is 3. The molecule has 1 aliphatic heterocycles. The zero-order chi connectivity index (χ0) is 18.4. The second kappa shape index (κ2) is 6.17. The Labute approximate surface area is 154 Å². The topological polar surface area (TPSA) is 82.2 Å². The van der Waals surface area contributed by atoms with Crippen LogP contribution < -0.4 is 10.1 Å². The summed E-state index contributed by atoms with van der Waals surface area (Å²) in [7, 11) is 1.81. The standard InChI is InChI=1S/C18H17ClN4O3/c1-9-16(13-8-14(24)20-17-15(13)10(2)22-26-17)18(23(3)21-9)25-12-6-4-11(19)5-7-12/h4-7,13H,8H2,1-3H3,(H,20,24). The molecular weight excluding hydrogens is 356 g/mol. The van der Waals surface area contributed by atoms with Gasteiger partial charge in [0.15, 0.2) is 0 Å². The summed E-state index contributed by atoms with van der Waals surface area (Å²) in [5, 5.41) is 11.9. The van der Waals surface area contributed by atoms with Crippen molar-refractivity contribution < 1.29 is 14.1 Å². The van der Waals surface area contributed by atoms with Crippen LogP contribution in [0.4, 0.5) is 5.88 Å². The Balaban J connectivity index is 1.81. The number of carbonyl (C=O) groups excluding carboxylic acids is 1. The Morgan fingerprint density at radius 1 is 1.23 bits per heavy atom. The highest BCUT2D eigenvalue weighted by Gasteiger charge is 2.36. The zero-order valence-corrected chi connectivity index (χ0v) is 15.3. The molecule has 1 aliphatic rings. The van der Waals surface area contributed by atoms with E-state index in [1.165, 1.54) is 0 Å². The van der Waals surface area contributed by atoms with Gasteiger partial charge in [0.05, 0.1) is 11.4 Å². The fourth-order valence-electron chi connectivity index (χ4n) is 3.38. The zero-order valence-electron chi connectivity index (χ0n) is 14.5. The van der Waals surface area contributed by atoms with Gasteiger partial charge in [-0.25, -0.2) is 4.68 Å². The van der Waals surface area contributed by atoms with Crippen molar-refractivity contribution >= 4 is 23.4 Å². The van der Waals surface area contributed by atoms with Gasteiger partial charge < -0.3 is 9.26 Å². The van der Waals surface area contributed by atoms with E-state index in [4.69, 9.17) is 20.9 Å². The van der Waals surface area contributed by atoms with Crippen molar-refractivity contribution in [2.75, 3.05) is 5.32 Å². The van der Waals surface area contributed by atoms with E-state index < -0.39 is 0 Å². The molecule has 3 aromatic rings. The predicted octanol–water partition coefficient (Wildman–Crippen LogP) is 3.94. The number of nitrogens with one attached hydrogen (secondary N) is 1. The molecule has 1 amide bonds. The van der Waals surface area contributed by atoms with Gasteiger partial charge in [0.2, 0.25) is 17.7 Å². The molecule has 8 heteroatoms. The third-order valence-electron chi connectivity index (χ3n) is 4.49. The first-order chi connectivity index (χ1) is 12.4. The number of anilines is 1. The first-order valence-electron chi connectivity index (χ1n) is 8.17. The van der Waals surface area contributed by atoms with Crippen molar-refractivity contribution in [3.05, 3.63) is 51.8 Å². The van der Waals surface area contributed by atoms with Crippen molar-refractivity contribution in [1.29, 1.82) is 0 Å². The number of rotatable bonds is 3. The summed E-state index contributed by atoms with van der Waals surface area (Å²) in [5.74, 6) is 1.25. The monoisotopic (exact) mass is 372 g/mol. The van der Waals surface area contributed by atoms with E-state index in [1.807, 2.05) is 20.9 Å². The molecule has 0 spiro atoms. The minimum atomic E-state index is -0.235. The summed E-state index contributed by atoms with van der Waals surface area (Å²) in [6, 6.07) is 7.10. The molecule has 1 atom stereocenters. The maximum Gasteiger partial charge on any atom is 0.235 e. The minimum Gasteiger partial charge on any atom is -0.439 e. The van der Waals surface area contributed by atoms with Crippen molar-refractivity contribution in [3.8, 4) is 11.6 Å². The molecule has 134 valence electrons. The van der Waals surface area contributed by atoms with Crippen LogP contribution >= 0.6 is 11.6 Å². The Kier molecular flexibility index (Phi) is 3.96. The van der Waals surface area contributed by atoms with Gasteiger partial charge >= 0.3 is 0 Å². The average molecular weight is 373 g/mol. The summed E-state index contributed by atoms with van der Waals surface area (Å²) in [5.41, 5.74) is 3.25. The SMILES string of the molecule is Cc1noc2c1C(c1c(C)nn(C)c1Oc1ccc(Cl)cc1)CC(=O)N2. The van der Waals surface area contributed by atoms with Crippen LogP contribution in [0.5, 0.6) is 11.6 Å². The van der Waals surface area contributed by atoms with Crippen LogP contribution in [0.25, 0.3) is 0 Å². The normalized spacial score (nSPS) is 16.3. The van der Waals surface area contributed by atoms with Crippen LogP contribution in [-0.2, 0) is 11.8 Å². The number of halogens is 1. The molecule has 0 saturated carbocycles. The van der Waals surface area contributed by atoms with Crippen LogP contribution in [0.2, 0.25) is 5.02 Å². The number of aryl methyl sites for hydroxylation is 3. The summed E-state index contributed by atoms with van der Waals surface area (Å²) in [6.07, 6.45) is 0.276. The fraction of sp³-hybridized carbons (Fsp3) is 0.278. The number of ether oxygens (including phenoxy) is 1. The number of fused-ring (bicyclic) bond motifs is 1. The second-order valence-corrected chi connectivity index (χ2v) is 6.74. The van der Waals surface area contributed by atoms with Gasteiger partial charge in [-0.15, -0.1) is 0 Å². The molecule has 0 radical (unpaired) electrons.